The van der Waals surface area contributed by atoms with Gasteiger partial charge in [0.15, 0.2) is 0 Å². The summed E-state index contributed by atoms with van der Waals surface area (Å²) in [4.78, 5) is 14.2. The number of nitro benzene ring substituents is 1. The summed E-state index contributed by atoms with van der Waals surface area (Å²) in [7, 11) is 0. The van der Waals surface area contributed by atoms with E-state index in [1.807, 2.05) is 12.3 Å². The van der Waals surface area contributed by atoms with E-state index in [1.54, 1.807) is 5.51 Å². The van der Waals surface area contributed by atoms with Gasteiger partial charge in [-0.3, -0.25) is 10.1 Å². The zero-order chi connectivity index (χ0) is 13.1. The number of nitro groups is 1. The van der Waals surface area contributed by atoms with Gasteiger partial charge in [-0.25, -0.2) is 4.98 Å². The molecule has 1 unspecified atom stereocenters. The van der Waals surface area contributed by atoms with Crippen molar-refractivity contribution in [2.45, 2.75) is 13.0 Å². The lowest BCUT2D eigenvalue weighted by Crippen LogP contribution is -2.03. The average molecular weight is 285 g/mol. The molecule has 2 rings (SSSR count). The van der Waals surface area contributed by atoms with Crippen LogP contribution in [0.2, 0.25) is 5.02 Å². The molecule has 0 radical (unpaired) electrons. The molecule has 1 aromatic carbocycles. The standard InChI is InChI=1S/C11H9ClN2O3S/c1-7(10-5-18-6-13-10)17-11-3-2-8(14(15)16)4-9(11)12/h2-7H,1H3. The number of hydrogen-bond donors (Lipinski definition) is 0. The van der Waals surface area contributed by atoms with Gasteiger partial charge in [0.05, 0.1) is 21.2 Å². The quantitative estimate of drug-likeness (QED) is 0.632. The fourth-order valence-electron chi connectivity index (χ4n) is 1.37. The van der Waals surface area contributed by atoms with E-state index in [9.17, 15) is 10.1 Å². The van der Waals surface area contributed by atoms with Crippen LogP contribution in [0.1, 0.15) is 18.7 Å². The largest absolute Gasteiger partial charge is 0.483 e. The van der Waals surface area contributed by atoms with Crippen LogP contribution in [0.5, 0.6) is 5.75 Å². The minimum atomic E-state index is -0.500. The van der Waals surface area contributed by atoms with Crippen molar-refractivity contribution < 1.29 is 9.66 Å². The molecule has 0 spiro atoms. The van der Waals surface area contributed by atoms with Gasteiger partial charge in [0.2, 0.25) is 0 Å². The third kappa shape index (κ3) is 2.77. The first-order valence-corrected chi connectivity index (χ1v) is 6.38. The number of nitrogens with zero attached hydrogens (tertiary/aromatic N) is 2. The first kappa shape index (κ1) is 12.8. The summed E-state index contributed by atoms with van der Waals surface area (Å²) in [5.41, 5.74) is 2.45. The molecule has 0 bridgehead atoms. The summed E-state index contributed by atoms with van der Waals surface area (Å²) < 4.78 is 5.61. The zero-order valence-corrected chi connectivity index (χ0v) is 10.9. The average Bonchev–Trinajstić information content (AvgIpc) is 2.85. The maximum Gasteiger partial charge on any atom is 0.271 e. The Morgan fingerprint density at radius 2 is 2.33 bits per heavy atom. The van der Waals surface area contributed by atoms with Gasteiger partial charge in [-0.05, 0) is 13.0 Å². The number of halogens is 1. The Bertz CT molecular complexity index is 559. The van der Waals surface area contributed by atoms with Gasteiger partial charge in [0.1, 0.15) is 11.9 Å². The Balaban J connectivity index is 2.17. The van der Waals surface area contributed by atoms with Crippen LogP contribution in [0.15, 0.2) is 29.1 Å². The lowest BCUT2D eigenvalue weighted by Gasteiger charge is -2.13. The first-order valence-electron chi connectivity index (χ1n) is 5.06. The fourth-order valence-corrected chi connectivity index (χ4v) is 2.23. The van der Waals surface area contributed by atoms with Crippen molar-refractivity contribution in [1.29, 1.82) is 0 Å². The highest BCUT2D eigenvalue weighted by Gasteiger charge is 2.14. The van der Waals surface area contributed by atoms with Crippen LogP contribution < -0.4 is 4.74 Å². The highest BCUT2D eigenvalue weighted by Crippen LogP contribution is 2.31. The van der Waals surface area contributed by atoms with Gasteiger partial charge in [-0.2, -0.15) is 0 Å². The second-order valence-corrected chi connectivity index (χ2v) is 4.67. The summed E-state index contributed by atoms with van der Waals surface area (Å²) in [6.45, 7) is 1.84. The van der Waals surface area contributed by atoms with E-state index >= 15 is 0 Å². The Hall–Kier alpha value is -1.66. The number of rotatable bonds is 4. The van der Waals surface area contributed by atoms with Gasteiger partial charge in [0.25, 0.3) is 5.69 Å². The summed E-state index contributed by atoms with van der Waals surface area (Å²) in [6.07, 6.45) is -0.254. The molecule has 0 amide bonds. The second kappa shape index (κ2) is 5.32. The molecule has 0 aliphatic rings. The van der Waals surface area contributed by atoms with E-state index in [0.717, 1.165) is 5.69 Å². The van der Waals surface area contributed by atoms with E-state index in [2.05, 4.69) is 4.98 Å². The van der Waals surface area contributed by atoms with E-state index in [-0.39, 0.29) is 16.8 Å². The third-order valence-corrected chi connectivity index (χ3v) is 3.20. The topological polar surface area (TPSA) is 65.3 Å². The van der Waals surface area contributed by atoms with Crippen molar-refractivity contribution in [1.82, 2.24) is 4.98 Å². The molecule has 1 atom stereocenters. The number of hydrogen-bond acceptors (Lipinski definition) is 5. The molecular formula is C11H9ClN2O3S. The van der Waals surface area contributed by atoms with Crippen molar-refractivity contribution in [3.8, 4) is 5.75 Å². The minimum absolute atomic E-state index is 0.0614. The Labute approximate surface area is 112 Å². The Kier molecular flexibility index (Phi) is 3.78. The fraction of sp³-hybridized carbons (Fsp3) is 0.182. The summed E-state index contributed by atoms with van der Waals surface area (Å²) in [6, 6.07) is 4.11. The van der Waals surface area contributed by atoms with Crippen LogP contribution in [-0.4, -0.2) is 9.91 Å². The normalized spacial score (nSPS) is 12.1. The summed E-state index contributed by atoms with van der Waals surface area (Å²) in [5, 5.41) is 12.7. The third-order valence-electron chi connectivity index (χ3n) is 2.30. The van der Waals surface area contributed by atoms with Crippen LogP contribution in [-0.2, 0) is 0 Å². The van der Waals surface area contributed by atoms with E-state index < -0.39 is 4.92 Å². The van der Waals surface area contributed by atoms with Crippen molar-refractivity contribution in [3.63, 3.8) is 0 Å². The maximum atomic E-state index is 10.6. The van der Waals surface area contributed by atoms with Gasteiger partial charge in [0, 0.05) is 17.5 Å². The molecule has 0 saturated heterocycles. The van der Waals surface area contributed by atoms with E-state index in [0.29, 0.717) is 5.75 Å². The second-order valence-electron chi connectivity index (χ2n) is 3.55. The molecule has 0 fully saturated rings. The van der Waals surface area contributed by atoms with Crippen LogP contribution in [0.3, 0.4) is 0 Å². The van der Waals surface area contributed by atoms with Crippen LogP contribution in [0, 0.1) is 10.1 Å². The van der Waals surface area contributed by atoms with Crippen LogP contribution in [0.25, 0.3) is 0 Å². The number of non-ortho nitro benzene ring substituents is 1. The molecule has 2 aromatic rings. The van der Waals surface area contributed by atoms with Crippen molar-refractivity contribution in [3.05, 3.63) is 49.9 Å². The minimum Gasteiger partial charge on any atom is -0.483 e. The number of aromatic nitrogens is 1. The van der Waals surface area contributed by atoms with Crippen LogP contribution in [0.4, 0.5) is 5.69 Å². The molecule has 5 nitrogen and oxygen atoms in total. The van der Waals surface area contributed by atoms with Gasteiger partial charge < -0.3 is 4.74 Å². The lowest BCUT2D eigenvalue weighted by atomic mass is 10.3. The first-order chi connectivity index (χ1) is 8.58. The molecule has 0 aliphatic heterocycles. The molecule has 0 N–H and O–H groups in total. The lowest BCUT2D eigenvalue weighted by molar-refractivity contribution is -0.384. The van der Waals surface area contributed by atoms with E-state index in [4.69, 9.17) is 16.3 Å². The van der Waals surface area contributed by atoms with Gasteiger partial charge in [-0.1, -0.05) is 11.6 Å². The number of thiazole rings is 1. The maximum absolute atomic E-state index is 10.6. The Morgan fingerprint density at radius 3 is 2.89 bits per heavy atom. The molecule has 1 heterocycles. The monoisotopic (exact) mass is 284 g/mol. The van der Waals surface area contributed by atoms with Crippen molar-refractivity contribution >= 4 is 28.6 Å². The predicted molar refractivity (Wildman–Crippen MR) is 69.3 cm³/mol. The number of ether oxygens (including phenoxy) is 1. The molecule has 1 aromatic heterocycles. The molecular weight excluding hydrogens is 276 g/mol. The summed E-state index contributed by atoms with van der Waals surface area (Å²) in [5.74, 6) is 0.405. The highest BCUT2D eigenvalue weighted by molar-refractivity contribution is 7.07. The Morgan fingerprint density at radius 1 is 1.56 bits per heavy atom. The molecule has 0 aliphatic carbocycles. The van der Waals surface area contributed by atoms with Crippen LogP contribution >= 0.6 is 22.9 Å². The molecule has 7 heteroatoms. The number of benzene rings is 1. The highest BCUT2D eigenvalue weighted by atomic mass is 35.5. The smallest absolute Gasteiger partial charge is 0.271 e. The van der Waals surface area contributed by atoms with Crippen molar-refractivity contribution in [2.24, 2.45) is 0 Å². The van der Waals surface area contributed by atoms with E-state index in [1.165, 1.54) is 29.5 Å². The predicted octanol–water partition coefficient (Wildman–Crippen LogP) is 3.84. The van der Waals surface area contributed by atoms with Gasteiger partial charge >= 0.3 is 0 Å². The van der Waals surface area contributed by atoms with Crippen molar-refractivity contribution in [2.75, 3.05) is 0 Å². The van der Waals surface area contributed by atoms with Gasteiger partial charge in [-0.15, -0.1) is 11.3 Å². The molecule has 18 heavy (non-hydrogen) atoms. The zero-order valence-electron chi connectivity index (χ0n) is 9.37. The SMILES string of the molecule is CC(Oc1ccc([N+](=O)[O-])cc1Cl)c1cscn1. The summed E-state index contributed by atoms with van der Waals surface area (Å²) >= 11 is 7.41. The molecule has 0 saturated carbocycles. The molecule has 94 valence electrons.